The van der Waals surface area contributed by atoms with E-state index in [1.165, 1.54) is 16.4 Å². The molecule has 2 aromatic rings. The molecule has 2 heterocycles. The van der Waals surface area contributed by atoms with Crippen LogP contribution in [-0.4, -0.2) is 52.7 Å². The first-order valence-corrected chi connectivity index (χ1v) is 11.1. The van der Waals surface area contributed by atoms with Crippen molar-refractivity contribution in [2.45, 2.75) is 29.3 Å². The van der Waals surface area contributed by atoms with Crippen molar-refractivity contribution < 1.29 is 13.2 Å². The molecule has 1 saturated heterocycles. The van der Waals surface area contributed by atoms with Crippen LogP contribution in [0.25, 0.3) is 0 Å². The van der Waals surface area contributed by atoms with E-state index >= 15 is 0 Å². The highest BCUT2D eigenvalue weighted by Crippen LogP contribution is 2.29. The largest absolute Gasteiger partial charge is 0.368 e. The van der Waals surface area contributed by atoms with Gasteiger partial charge in [0.15, 0.2) is 0 Å². The fourth-order valence-electron chi connectivity index (χ4n) is 2.67. The molecule has 0 aliphatic carbocycles. The summed E-state index contributed by atoms with van der Waals surface area (Å²) in [6.45, 7) is 0.956. The Morgan fingerprint density at radius 3 is 2.74 bits per heavy atom. The fraction of sp³-hybridized carbons (Fsp3) is 0.400. The third-order valence-corrected chi connectivity index (χ3v) is 7.19. The van der Waals surface area contributed by atoms with E-state index in [0.717, 1.165) is 31.0 Å². The van der Waals surface area contributed by atoms with Crippen LogP contribution in [0.3, 0.4) is 0 Å². The second kappa shape index (κ2) is 8.46. The zero-order chi connectivity index (χ0) is 19.4. The molecule has 1 aromatic carbocycles. The number of nitrogens with one attached hydrogen (secondary N) is 2. The van der Waals surface area contributed by atoms with E-state index in [0.29, 0.717) is 23.9 Å². The molecule has 3 rings (SSSR count). The highest BCUT2D eigenvalue weighted by Gasteiger charge is 2.28. The van der Waals surface area contributed by atoms with Gasteiger partial charge in [-0.1, -0.05) is 29.8 Å². The molecule has 1 fully saturated rings. The van der Waals surface area contributed by atoms with Gasteiger partial charge in [-0.2, -0.15) is 9.29 Å². The molecule has 27 heavy (non-hydrogen) atoms. The fourth-order valence-corrected chi connectivity index (χ4v) is 5.30. The Bertz CT molecular complexity index is 927. The van der Waals surface area contributed by atoms with E-state index in [2.05, 4.69) is 20.5 Å². The van der Waals surface area contributed by atoms with Gasteiger partial charge >= 0.3 is 0 Å². The second-order valence-corrected chi connectivity index (χ2v) is 9.21. The number of anilines is 2. The van der Waals surface area contributed by atoms with Gasteiger partial charge in [-0.3, -0.25) is 4.79 Å². The number of aromatic nitrogens is 3. The lowest BCUT2D eigenvalue weighted by atomic mass is 10.2. The summed E-state index contributed by atoms with van der Waals surface area (Å²) in [5.74, 6) is -0.108. The lowest BCUT2D eigenvalue weighted by Gasteiger charge is -2.26. The smallest absolute Gasteiger partial charge is 0.244 e. The van der Waals surface area contributed by atoms with Gasteiger partial charge in [0.25, 0.3) is 0 Å². The van der Waals surface area contributed by atoms with Gasteiger partial charge in [0, 0.05) is 18.8 Å². The molecule has 9 nitrogen and oxygen atoms in total. The van der Waals surface area contributed by atoms with Crippen molar-refractivity contribution in [1.29, 1.82) is 0 Å². The maximum atomic E-state index is 12.9. The number of sulfonamides is 1. The third-order valence-electron chi connectivity index (χ3n) is 3.96. The molecule has 0 radical (unpaired) electrons. The number of nitrogens with zero attached hydrogens (tertiary/aromatic N) is 3. The number of hydrogen-bond acceptors (Lipinski definition) is 7. The summed E-state index contributed by atoms with van der Waals surface area (Å²) in [4.78, 5) is 16.0. The number of hydrogen-bond donors (Lipinski definition) is 3. The minimum absolute atomic E-state index is 0.00161. The number of amides is 1. The van der Waals surface area contributed by atoms with Crippen LogP contribution in [0.5, 0.6) is 0 Å². The quantitative estimate of drug-likeness (QED) is 0.596. The number of aromatic amines is 1. The number of rotatable bonds is 6. The molecule has 1 aliphatic heterocycles. The van der Waals surface area contributed by atoms with E-state index in [4.69, 9.17) is 17.3 Å². The summed E-state index contributed by atoms with van der Waals surface area (Å²) < 4.78 is 27.1. The molecule has 0 unspecified atom stereocenters. The topological polar surface area (TPSA) is 134 Å². The monoisotopic (exact) mass is 430 g/mol. The Labute approximate surface area is 166 Å². The van der Waals surface area contributed by atoms with Crippen LogP contribution in [0.2, 0.25) is 5.02 Å². The number of nitrogen functional groups attached to an aromatic ring is 1. The summed E-state index contributed by atoms with van der Waals surface area (Å²) in [5.41, 5.74) is 5.78. The summed E-state index contributed by atoms with van der Waals surface area (Å²) >= 11 is 7.23. The Morgan fingerprint density at radius 1 is 1.33 bits per heavy atom. The van der Waals surface area contributed by atoms with Crippen molar-refractivity contribution in [3.8, 4) is 0 Å². The number of halogens is 1. The normalized spacial score (nSPS) is 15.6. The van der Waals surface area contributed by atoms with Crippen LogP contribution in [0.15, 0.2) is 28.3 Å². The van der Waals surface area contributed by atoms with Gasteiger partial charge in [-0.15, -0.1) is 5.10 Å². The first-order valence-electron chi connectivity index (χ1n) is 8.26. The molecule has 0 bridgehead atoms. The number of nitrogens with two attached hydrogens (primary N) is 1. The minimum Gasteiger partial charge on any atom is -0.368 e. The highest BCUT2D eigenvalue weighted by atomic mass is 35.5. The van der Waals surface area contributed by atoms with Crippen molar-refractivity contribution in [2.75, 3.05) is 29.9 Å². The van der Waals surface area contributed by atoms with E-state index < -0.39 is 10.0 Å². The maximum absolute atomic E-state index is 12.9. The average molecular weight is 431 g/mol. The zero-order valence-electron chi connectivity index (χ0n) is 14.3. The Morgan fingerprint density at radius 2 is 2.07 bits per heavy atom. The second-order valence-electron chi connectivity index (χ2n) is 5.95. The molecule has 12 heteroatoms. The van der Waals surface area contributed by atoms with Crippen molar-refractivity contribution in [3.63, 3.8) is 0 Å². The summed E-state index contributed by atoms with van der Waals surface area (Å²) in [7, 11) is -3.70. The van der Waals surface area contributed by atoms with Crippen LogP contribution < -0.4 is 11.1 Å². The molecule has 1 aromatic heterocycles. The predicted octanol–water partition coefficient (Wildman–Crippen LogP) is 1.95. The molecule has 0 spiro atoms. The average Bonchev–Trinajstić information content (AvgIpc) is 3.07. The lowest BCUT2D eigenvalue weighted by molar-refractivity contribution is -0.113. The Balaban J connectivity index is 1.69. The standard InChI is InChI=1S/C15H19ClN6O3S2/c16-11-5-4-10(18-13(23)9-26-15-19-14(17)20-21-15)8-12(11)27(24,25)22-6-2-1-3-7-22/h4-5,8H,1-3,6-7,9H2,(H,18,23)(H3,17,19,20,21). The predicted molar refractivity (Wildman–Crippen MR) is 104 cm³/mol. The summed E-state index contributed by atoms with van der Waals surface area (Å²) in [6, 6.07) is 4.42. The Hall–Kier alpha value is -1.82. The van der Waals surface area contributed by atoms with Crippen molar-refractivity contribution in [1.82, 2.24) is 19.5 Å². The van der Waals surface area contributed by atoms with Gasteiger partial charge in [-0.25, -0.2) is 13.5 Å². The molecule has 0 atom stereocenters. The first-order chi connectivity index (χ1) is 12.9. The summed E-state index contributed by atoms with van der Waals surface area (Å²) in [6.07, 6.45) is 2.68. The first kappa shape index (κ1) is 19.9. The molecular formula is C15H19ClN6O3S2. The maximum Gasteiger partial charge on any atom is 0.244 e. The molecule has 146 valence electrons. The van der Waals surface area contributed by atoms with Gasteiger partial charge in [0.1, 0.15) is 4.90 Å². The number of carbonyl (C=O) groups is 1. The number of carbonyl (C=O) groups excluding carboxylic acids is 1. The van der Waals surface area contributed by atoms with Gasteiger partial charge < -0.3 is 11.1 Å². The zero-order valence-corrected chi connectivity index (χ0v) is 16.7. The van der Waals surface area contributed by atoms with Crippen LogP contribution in [0, 0.1) is 0 Å². The minimum atomic E-state index is -3.70. The molecule has 0 saturated carbocycles. The molecular weight excluding hydrogens is 412 g/mol. The van der Waals surface area contributed by atoms with Crippen molar-refractivity contribution >= 4 is 50.9 Å². The number of thioether (sulfide) groups is 1. The van der Waals surface area contributed by atoms with Gasteiger partial charge in [-0.05, 0) is 31.0 Å². The van der Waals surface area contributed by atoms with Crippen LogP contribution >= 0.6 is 23.4 Å². The Kier molecular flexibility index (Phi) is 6.25. The third kappa shape index (κ3) is 4.92. The van der Waals surface area contributed by atoms with E-state index in [1.807, 2.05) is 0 Å². The molecule has 1 aliphatic rings. The number of benzene rings is 1. The van der Waals surface area contributed by atoms with Crippen molar-refractivity contribution in [3.05, 3.63) is 23.2 Å². The van der Waals surface area contributed by atoms with Crippen LogP contribution in [0.4, 0.5) is 11.6 Å². The number of H-pyrrole nitrogens is 1. The van der Waals surface area contributed by atoms with Crippen molar-refractivity contribution in [2.24, 2.45) is 0 Å². The molecule has 4 N–H and O–H groups in total. The highest BCUT2D eigenvalue weighted by molar-refractivity contribution is 7.99. The van der Waals surface area contributed by atoms with E-state index in [-0.39, 0.29) is 27.5 Å². The lowest BCUT2D eigenvalue weighted by Crippen LogP contribution is -2.35. The summed E-state index contributed by atoms with van der Waals surface area (Å²) in [5, 5.41) is 9.45. The van der Waals surface area contributed by atoms with E-state index in [9.17, 15) is 13.2 Å². The van der Waals surface area contributed by atoms with Crippen LogP contribution in [0.1, 0.15) is 19.3 Å². The van der Waals surface area contributed by atoms with Crippen LogP contribution in [-0.2, 0) is 14.8 Å². The van der Waals surface area contributed by atoms with E-state index in [1.54, 1.807) is 6.07 Å². The SMILES string of the molecule is Nc1nc(SCC(=O)Nc2ccc(Cl)c(S(=O)(=O)N3CCCCC3)c2)n[nH]1. The molecule has 1 amide bonds. The van der Waals surface area contributed by atoms with Gasteiger partial charge in [0.05, 0.1) is 10.8 Å². The number of piperidine rings is 1. The van der Waals surface area contributed by atoms with Gasteiger partial charge in [0.2, 0.25) is 27.0 Å².